The second-order valence-corrected chi connectivity index (χ2v) is 6.76. The van der Waals surface area contributed by atoms with Crippen LogP contribution in [-0.4, -0.2) is 22.1 Å². The van der Waals surface area contributed by atoms with Crippen molar-refractivity contribution < 1.29 is 9.90 Å². The van der Waals surface area contributed by atoms with Crippen molar-refractivity contribution in [2.24, 2.45) is 11.3 Å². The summed E-state index contributed by atoms with van der Waals surface area (Å²) in [5.74, 6) is -0.0439. The van der Waals surface area contributed by atoms with Gasteiger partial charge in [-0.2, -0.15) is 11.8 Å². The molecule has 0 aliphatic heterocycles. The monoisotopic (exact) mass is 242 g/mol. The van der Waals surface area contributed by atoms with Crippen molar-refractivity contribution >= 4 is 17.7 Å². The molecule has 0 bridgehead atoms. The molecule has 0 saturated heterocycles. The Bertz CT molecular complexity index is 259. The van der Waals surface area contributed by atoms with Gasteiger partial charge in [0.2, 0.25) is 0 Å². The molecular weight excluding hydrogens is 220 g/mol. The molecule has 2 rings (SSSR count). The molecule has 3 heteroatoms. The van der Waals surface area contributed by atoms with Gasteiger partial charge >= 0.3 is 5.97 Å². The highest BCUT2D eigenvalue weighted by atomic mass is 32.2. The first-order valence-corrected chi connectivity index (χ1v) is 7.53. The summed E-state index contributed by atoms with van der Waals surface area (Å²) in [5, 5.41) is 9.63. The van der Waals surface area contributed by atoms with Crippen LogP contribution in [0.1, 0.15) is 51.9 Å². The molecule has 2 aliphatic rings. The van der Waals surface area contributed by atoms with Gasteiger partial charge in [0.1, 0.15) is 0 Å². The summed E-state index contributed by atoms with van der Waals surface area (Å²) in [5.41, 5.74) is 0.612. The Hall–Kier alpha value is -0.180. The summed E-state index contributed by atoms with van der Waals surface area (Å²) in [4.78, 5) is 10.8. The number of carboxylic acids is 1. The third-order valence-corrected chi connectivity index (χ3v) is 6.24. The minimum absolute atomic E-state index is 0.189. The third-order valence-electron chi connectivity index (χ3n) is 4.41. The van der Waals surface area contributed by atoms with Crippen LogP contribution in [0.15, 0.2) is 0 Å². The zero-order valence-corrected chi connectivity index (χ0v) is 10.9. The smallest absolute Gasteiger partial charge is 0.307 e. The second-order valence-electron chi connectivity index (χ2n) is 5.52. The molecule has 2 aliphatic carbocycles. The number of hydrogen-bond donors (Lipinski definition) is 1. The van der Waals surface area contributed by atoms with E-state index in [2.05, 4.69) is 0 Å². The van der Waals surface area contributed by atoms with E-state index in [0.29, 0.717) is 5.41 Å². The van der Waals surface area contributed by atoms with Crippen LogP contribution in [0, 0.1) is 11.3 Å². The molecule has 0 radical (unpaired) electrons. The van der Waals surface area contributed by atoms with Gasteiger partial charge < -0.3 is 5.11 Å². The van der Waals surface area contributed by atoms with Crippen LogP contribution in [0.3, 0.4) is 0 Å². The van der Waals surface area contributed by atoms with Crippen molar-refractivity contribution in [2.45, 2.75) is 57.1 Å². The van der Waals surface area contributed by atoms with E-state index in [-0.39, 0.29) is 5.92 Å². The molecule has 16 heavy (non-hydrogen) atoms. The highest BCUT2D eigenvalue weighted by Crippen LogP contribution is 2.56. The van der Waals surface area contributed by atoms with Crippen molar-refractivity contribution in [3.63, 3.8) is 0 Å². The van der Waals surface area contributed by atoms with E-state index in [0.717, 1.165) is 11.0 Å². The van der Waals surface area contributed by atoms with E-state index in [1.54, 1.807) is 0 Å². The topological polar surface area (TPSA) is 37.3 Å². The van der Waals surface area contributed by atoms with Gasteiger partial charge in [0.25, 0.3) is 0 Å². The van der Waals surface area contributed by atoms with Gasteiger partial charge in [-0.3, -0.25) is 4.79 Å². The molecule has 0 amide bonds. The molecule has 2 fully saturated rings. The van der Waals surface area contributed by atoms with Crippen molar-refractivity contribution in [2.75, 3.05) is 5.75 Å². The van der Waals surface area contributed by atoms with Crippen LogP contribution in [-0.2, 0) is 4.79 Å². The summed E-state index contributed by atoms with van der Waals surface area (Å²) < 4.78 is 0. The van der Waals surface area contributed by atoms with Gasteiger partial charge in [-0.05, 0) is 31.1 Å². The Morgan fingerprint density at radius 2 is 2.06 bits per heavy atom. The lowest BCUT2D eigenvalue weighted by molar-refractivity contribution is -0.140. The van der Waals surface area contributed by atoms with Crippen molar-refractivity contribution in [1.82, 2.24) is 0 Å². The molecule has 2 saturated carbocycles. The fraction of sp³-hybridized carbons (Fsp3) is 0.923. The molecule has 2 atom stereocenters. The predicted molar refractivity (Wildman–Crippen MR) is 67.8 cm³/mol. The molecule has 0 aromatic carbocycles. The maximum atomic E-state index is 10.8. The first-order valence-electron chi connectivity index (χ1n) is 6.48. The Kier molecular flexibility index (Phi) is 3.83. The van der Waals surface area contributed by atoms with E-state index >= 15 is 0 Å². The SMILES string of the molecule is CC(CSC1CCC12CCCCC2)C(=O)O. The Balaban J connectivity index is 1.80. The van der Waals surface area contributed by atoms with Gasteiger partial charge in [0.05, 0.1) is 5.92 Å². The number of carboxylic acid groups (broad SMARTS) is 1. The lowest BCUT2D eigenvalue weighted by Gasteiger charge is -2.52. The molecule has 0 aromatic rings. The molecule has 92 valence electrons. The van der Waals surface area contributed by atoms with E-state index in [1.807, 2.05) is 18.7 Å². The average molecular weight is 242 g/mol. The van der Waals surface area contributed by atoms with Crippen LogP contribution >= 0.6 is 11.8 Å². The first-order chi connectivity index (χ1) is 7.64. The minimum atomic E-state index is -0.649. The maximum absolute atomic E-state index is 10.8. The Labute approximate surface area is 102 Å². The standard InChI is InChI=1S/C13H22O2S/c1-10(12(14)15)9-16-11-5-8-13(11)6-3-2-4-7-13/h10-11H,2-9H2,1H3,(H,14,15). The minimum Gasteiger partial charge on any atom is -0.481 e. The molecule has 0 aromatic heterocycles. The largest absolute Gasteiger partial charge is 0.481 e. The number of rotatable bonds is 4. The maximum Gasteiger partial charge on any atom is 0.307 e. The van der Waals surface area contributed by atoms with Crippen molar-refractivity contribution in [1.29, 1.82) is 0 Å². The lowest BCUT2D eigenvalue weighted by Crippen LogP contribution is -2.44. The van der Waals surface area contributed by atoms with Gasteiger partial charge in [0, 0.05) is 11.0 Å². The molecule has 2 nitrogen and oxygen atoms in total. The normalized spacial score (nSPS) is 29.7. The van der Waals surface area contributed by atoms with Crippen molar-refractivity contribution in [3.8, 4) is 0 Å². The first kappa shape index (κ1) is 12.3. The fourth-order valence-electron chi connectivity index (χ4n) is 3.09. The van der Waals surface area contributed by atoms with Gasteiger partial charge in [-0.1, -0.05) is 26.2 Å². The summed E-state index contributed by atoms with van der Waals surface area (Å²) in [7, 11) is 0. The summed E-state index contributed by atoms with van der Waals surface area (Å²) >= 11 is 1.92. The summed E-state index contributed by atoms with van der Waals surface area (Å²) in [6, 6.07) is 0. The highest BCUT2D eigenvalue weighted by molar-refractivity contribution is 8.00. The lowest BCUT2D eigenvalue weighted by atomic mass is 9.60. The van der Waals surface area contributed by atoms with Crippen LogP contribution in [0.25, 0.3) is 0 Å². The Morgan fingerprint density at radius 3 is 2.56 bits per heavy atom. The number of aliphatic carboxylic acids is 1. The quantitative estimate of drug-likeness (QED) is 0.819. The second kappa shape index (κ2) is 4.99. The number of hydrogen-bond acceptors (Lipinski definition) is 2. The third kappa shape index (κ3) is 2.39. The summed E-state index contributed by atoms with van der Waals surface area (Å²) in [6.45, 7) is 1.82. The van der Waals surface area contributed by atoms with E-state index in [4.69, 9.17) is 5.11 Å². The zero-order chi connectivity index (χ0) is 11.6. The molecule has 1 N–H and O–H groups in total. The molecular formula is C13H22O2S. The average Bonchev–Trinajstić information content (AvgIpc) is 2.28. The van der Waals surface area contributed by atoms with Gasteiger partial charge in [-0.15, -0.1) is 0 Å². The van der Waals surface area contributed by atoms with Crippen LogP contribution in [0.4, 0.5) is 0 Å². The van der Waals surface area contributed by atoms with Crippen molar-refractivity contribution in [3.05, 3.63) is 0 Å². The van der Waals surface area contributed by atoms with E-state index in [1.165, 1.54) is 44.9 Å². The van der Waals surface area contributed by atoms with Crippen LogP contribution in [0.5, 0.6) is 0 Å². The van der Waals surface area contributed by atoms with E-state index < -0.39 is 5.97 Å². The molecule has 2 unspecified atom stereocenters. The number of carbonyl (C=O) groups is 1. The van der Waals surface area contributed by atoms with Crippen LogP contribution in [0.2, 0.25) is 0 Å². The summed E-state index contributed by atoms with van der Waals surface area (Å²) in [6.07, 6.45) is 9.70. The highest BCUT2D eigenvalue weighted by Gasteiger charge is 2.46. The zero-order valence-electron chi connectivity index (χ0n) is 10.1. The Morgan fingerprint density at radius 1 is 1.38 bits per heavy atom. The predicted octanol–water partition coefficient (Wildman–Crippen LogP) is 3.55. The van der Waals surface area contributed by atoms with Gasteiger partial charge in [0.15, 0.2) is 0 Å². The molecule has 0 heterocycles. The number of thioether (sulfide) groups is 1. The van der Waals surface area contributed by atoms with Gasteiger partial charge in [-0.25, -0.2) is 0 Å². The molecule has 1 spiro atoms. The van der Waals surface area contributed by atoms with Crippen LogP contribution < -0.4 is 0 Å². The van der Waals surface area contributed by atoms with E-state index in [9.17, 15) is 4.79 Å². The fourth-order valence-corrected chi connectivity index (χ4v) is 4.75.